The molecular formula is C11H12N6O3. The SMILES string of the molecule is CCCc1nc(C(=O)Nc2nccnc2C(=O)O)n[nH]1. The van der Waals surface area contributed by atoms with Gasteiger partial charge in [0.25, 0.3) is 5.91 Å². The average Bonchev–Trinajstić information content (AvgIpc) is 2.88. The van der Waals surface area contributed by atoms with Crippen LogP contribution in [0.15, 0.2) is 12.4 Å². The molecule has 0 saturated carbocycles. The summed E-state index contributed by atoms with van der Waals surface area (Å²) in [5.74, 6) is -1.56. The molecule has 2 rings (SSSR count). The number of aromatic carboxylic acids is 1. The van der Waals surface area contributed by atoms with Gasteiger partial charge in [-0.3, -0.25) is 9.89 Å². The first-order chi connectivity index (χ1) is 9.61. The molecule has 1 amide bonds. The highest BCUT2D eigenvalue weighted by atomic mass is 16.4. The van der Waals surface area contributed by atoms with Gasteiger partial charge >= 0.3 is 5.97 Å². The quantitative estimate of drug-likeness (QED) is 0.723. The summed E-state index contributed by atoms with van der Waals surface area (Å²) in [5, 5.41) is 17.7. The first-order valence-corrected chi connectivity index (χ1v) is 5.88. The van der Waals surface area contributed by atoms with Gasteiger partial charge in [-0.1, -0.05) is 6.92 Å². The Balaban J connectivity index is 2.17. The zero-order valence-corrected chi connectivity index (χ0v) is 10.6. The molecule has 0 aliphatic rings. The van der Waals surface area contributed by atoms with Crippen molar-refractivity contribution < 1.29 is 14.7 Å². The zero-order chi connectivity index (χ0) is 14.5. The Labute approximate surface area is 113 Å². The maximum atomic E-state index is 11.9. The number of H-pyrrole nitrogens is 1. The van der Waals surface area contributed by atoms with Crippen LogP contribution in [-0.2, 0) is 6.42 Å². The highest BCUT2D eigenvalue weighted by Gasteiger charge is 2.18. The molecule has 0 aliphatic carbocycles. The van der Waals surface area contributed by atoms with Gasteiger partial charge in [-0.05, 0) is 6.42 Å². The van der Waals surface area contributed by atoms with Crippen LogP contribution in [0.3, 0.4) is 0 Å². The summed E-state index contributed by atoms with van der Waals surface area (Å²) in [5.41, 5.74) is -0.342. The van der Waals surface area contributed by atoms with Crippen molar-refractivity contribution in [1.29, 1.82) is 0 Å². The van der Waals surface area contributed by atoms with Crippen LogP contribution in [0.5, 0.6) is 0 Å². The van der Waals surface area contributed by atoms with Gasteiger partial charge in [0.05, 0.1) is 0 Å². The van der Waals surface area contributed by atoms with E-state index in [4.69, 9.17) is 5.11 Å². The molecule has 0 aromatic carbocycles. The Kier molecular flexibility index (Phi) is 3.99. The minimum absolute atomic E-state index is 0.0737. The van der Waals surface area contributed by atoms with Crippen molar-refractivity contribution in [2.75, 3.05) is 5.32 Å². The van der Waals surface area contributed by atoms with Gasteiger partial charge < -0.3 is 10.4 Å². The molecule has 20 heavy (non-hydrogen) atoms. The van der Waals surface area contributed by atoms with E-state index < -0.39 is 11.9 Å². The monoisotopic (exact) mass is 276 g/mol. The molecule has 104 valence electrons. The Morgan fingerprint density at radius 1 is 1.35 bits per heavy atom. The second-order valence-corrected chi connectivity index (χ2v) is 3.87. The Hall–Kier alpha value is -2.84. The van der Waals surface area contributed by atoms with E-state index in [9.17, 15) is 9.59 Å². The lowest BCUT2D eigenvalue weighted by Crippen LogP contribution is -2.18. The number of hydrogen-bond donors (Lipinski definition) is 3. The number of aromatic amines is 1. The number of carbonyl (C=O) groups excluding carboxylic acids is 1. The Bertz CT molecular complexity index is 639. The summed E-state index contributed by atoms with van der Waals surface area (Å²) in [6, 6.07) is 0. The van der Waals surface area contributed by atoms with Crippen molar-refractivity contribution >= 4 is 17.7 Å². The second kappa shape index (κ2) is 5.87. The second-order valence-electron chi connectivity index (χ2n) is 3.87. The van der Waals surface area contributed by atoms with Gasteiger partial charge in [-0.25, -0.2) is 19.7 Å². The predicted molar refractivity (Wildman–Crippen MR) is 67.3 cm³/mol. The summed E-state index contributed by atoms with van der Waals surface area (Å²) in [4.78, 5) is 34.2. The van der Waals surface area contributed by atoms with Crippen molar-refractivity contribution in [1.82, 2.24) is 25.1 Å². The van der Waals surface area contributed by atoms with E-state index in [-0.39, 0.29) is 17.3 Å². The maximum absolute atomic E-state index is 11.9. The molecule has 0 spiro atoms. The van der Waals surface area contributed by atoms with E-state index in [0.717, 1.165) is 6.42 Å². The van der Waals surface area contributed by atoms with Gasteiger partial charge in [0, 0.05) is 18.8 Å². The normalized spacial score (nSPS) is 10.2. The molecule has 0 saturated heterocycles. The summed E-state index contributed by atoms with van der Waals surface area (Å²) in [7, 11) is 0. The van der Waals surface area contributed by atoms with Crippen molar-refractivity contribution in [3.05, 3.63) is 29.7 Å². The van der Waals surface area contributed by atoms with E-state index in [0.29, 0.717) is 12.2 Å². The van der Waals surface area contributed by atoms with Crippen LogP contribution in [0.1, 0.15) is 40.3 Å². The number of carbonyl (C=O) groups is 2. The van der Waals surface area contributed by atoms with E-state index in [1.54, 1.807) is 0 Å². The largest absolute Gasteiger partial charge is 0.476 e. The molecule has 0 radical (unpaired) electrons. The number of nitrogens with one attached hydrogen (secondary N) is 2. The molecule has 0 atom stereocenters. The molecule has 2 aromatic rings. The van der Waals surface area contributed by atoms with Crippen molar-refractivity contribution in [2.24, 2.45) is 0 Å². The fourth-order valence-corrected chi connectivity index (χ4v) is 1.49. The number of aromatic nitrogens is 5. The molecule has 2 heterocycles. The maximum Gasteiger partial charge on any atom is 0.358 e. The van der Waals surface area contributed by atoms with E-state index in [1.165, 1.54) is 12.4 Å². The van der Waals surface area contributed by atoms with Crippen LogP contribution in [0.2, 0.25) is 0 Å². The number of hydrogen-bond acceptors (Lipinski definition) is 6. The minimum atomic E-state index is -1.28. The summed E-state index contributed by atoms with van der Waals surface area (Å²) in [6.45, 7) is 1.97. The Morgan fingerprint density at radius 3 is 2.80 bits per heavy atom. The number of rotatable bonds is 5. The van der Waals surface area contributed by atoms with Crippen LogP contribution < -0.4 is 5.32 Å². The molecule has 2 aromatic heterocycles. The van der Waals surface area contributed by atoms with Crippen LogP contribution in [0.25, 0.3) is 0 Å². The third-order valence-electron chi connectivity index (χ3n) is 2.35. The first kappa shape index (κ1) is 13.6. The van der Waals surface area contributed by atoms with Crippen LogP contribution in [0.4, 0.5) is 5.82 Å². The predicted octanol–water partition coefficient (Wildman–Crippen LogP) is 0.498. The van der Waals surface area contributed by atoms with E-state index >= 15 is 0 Å². The lowest BCUT2D eigenvalue weighted by Gasteiger charge is -2.03. The number of carboxylic acids is 1. The van der Waals surface area contributed by atoms with Crippen LogP contribution in [-0.4, -0.2) is 42.1 Å². The van der Waals surface area contributed by atoms with Gasteiger partial charge in [0.2, 0.25) is 5.82 Å². The topological polar surface area (TPSA) is 134 Å². The summed E-state index contributed by atoms with van der Waals surface area (Å²) < 4.78 is 0. The number of carboxylic acid groups (broad SMARTS) is 1. The summed E-state index contributed by atoms with van der Waals surface area (Å²) >= 11 is 0. The molecule has 3 N–H and O–H groups in total. The van der Waals surface area contributed by atoms with E-state index in [1.807, 2.05) is 6.92 Å². The number of amides is 1. The zero-order valence-electron chi connectivity index (χ0n) is 10.6. The molecule has 0 bridgehead atoms. The number of aryl methyl sites for hydroxylation is 1. The summed E-state index contributed by atoms with van der Waals surface area (Å²) in [6.07, 6.45) is 4.04. The van der Waals surface area contributed by atoms with Crippen molar-refractivity contribution in [3.8, 4) is 0 Å². The molecule has 9 heteroatoms. The lowest BCUT2D eigenvalue weighted by molar-refractivity contribution is 0.0691. The van der Waals surface area contributed by atoms with Gasteiger partial charge in [0.15, 0.2) is 11.5 Å². The third-order valence-corrected chi connectivity index (χ3v) is 2.35. The molecule has 9 nitrogen and oxygen atoms in total. The highest BCUT2D eigenvalue weighted by molar-refractivity contribution is 6.04. The van der Waals surface area contributed by atoms with Crippen LogP contribution >= 0.6 is 0 Å². The van der Waals surface area contributed by atoms with Crippen molar-refractivity contribution in [2.45, 2.75) is 19.8 Å². The van der Waals surface area contributed by atoms with Crippen LogP contribution in [0, 0.1) is 0 Å². The van der Waals surface area contributed by atoms with Crippen molar-refractivity contribution in [3.63, 3.8) is 0 Å². The highest BCUT2D eigenvalue weighted by Crippen LogP contribution is 2.09. The first-order valence-electron chi connectivity index (χ1n) is 5.88. The molecular weight excluding hydrogens is 264 g/mol. The molecule has 0 unspecified atom stereocenters. The van der Waals surface area contributed by atoms with Gasteiger partial charge in [-0.15, -0.1) is 5.10 Å². The van der Waals surface area contributed by atoms with Gasteiger partial charge in [-0.2, -0.15) is 0 Å². The smallest absolute Gasteiger partial charge is 0.358 e. The number of anilines is 1. The fraction of sp³-hybridized carbons (Fsp3) is 0.273. The van der Waals surface area contributed by atoms with Gasteiger partial charge in [0.1, 0.15) is 5.82 Å². The fourth-order valence-electron chi connectivity index (χ4n) is 1.49. The van der Waals surface area contributed by atoms with E-state index in [2.05, 4.69) is 30.5 Å². The standard InChI is InChI=1S/C11H12N6O3/c1-2-3-6-14-9(17-16-6)10(18)15-8-7(11(19)20)12-4-5-13-8/h4-5H,2-3H2,1H3,(H,19,20)(H,13,15,18)(H,14,16,17). The molecule has 0 fully saturated rings. The Morgan fingerprint density at radius 2 is 2.10 bits per heavy atom. The third kappa shape index (κ3) is 2.94. The minimum Gasteiger partial charge on any atom is -0.476 e. The average molecular weight is 276 g/mol. The number of nitrogens with zero attached hydrogens (tertiary/aromatic N) is 4. The lowest BCUT2D eigenvalue weighted by atomic mass is 10.3. The molecule has 0 aliphatic heterocycles.